The summed E-state index contributed by atoms with van der Waals surface area (Å²) in [5, 5.41) is 9.27. The van der Waals surface area contributed by atoms with Gasteiger partial charge in [0.1, 0.15) is 24.2 Å². The first kappa shape index (κ1) is 19.5. The molecule has 1 N–H and O–H groups in total. The van der Waals surface area contributed by atoms with Crippen LogP contribution in [0.2, 0.25) is 0 Å². The zero-order valence-corrected chi connectivity index (χ0v) is 16.7. The summed E-state index contributed by atoms with van der Waals surface area (Å²) in [6.45, 7) is 0.722. The number of aliphatic hydroxyl groups excluding tert-OH is 1. The van der Waals surface area contributed by atoms with Crippen LogP contribution in [0, 0.1) is 0 Å². The van der Waals surface area contributed by atoms with Crippen LogP contribution in [0.15, 0.2) is 72.8 Å². The largest absolute Gasteiger partial charge is 0.490 e. The molecule has 3 nitrogen and oxygen atoms in total. The molecule has 0 spiro atoms. The topological polar surface area (TPSA) is 38.7 Å². The van der Waals surface area contributed by atoms with E-state index in [0.717, 1.165) is 54.7 Å². The van der Waals surface area contributed by atoms with E-state index in [1.807, 2.05) is 18.2 Å². The highest BCUT2D eigenvalue weighted by Crippen LogP contribution is 2.37. The van der Waals surface area contributed by atoms with Crippen molar-refractivity contribution in [1.82, 2.24) is 0 Å². The summed E-state index contributed by atoms with van der Waals surface area (Å²) < 4.78 is 12.4. The van der Waals surface area contributed by atoms with Gasteiger partial charge in [-0.3, -0.25) is 0 Å². The van der Waals surface area contributed by atoms with Crippen LogP contribution >= 0.6 is 0 Å². The minimum atomic E-state index is 0.176. The van der Waals surface area contributed by atoms with E-state index in [0.29, 0.717) is 6.61 Å². The third kappa shape index (κ3) is 5.18. The van der Waals surface area contributed by atoms with Crippen LogP contribution in [0.5, 0.6) is 11.5 Å². The predicted octanol–water partition coefficient (Wildman–Crippen LogP) is 5.13. The van der Waals surface area contributed by atoms with Gasteiger partial charge in [-0.15, -0.1) is 0 Å². The van der Waals surface area contributed by atoms with Gasteiger partial charge in [0.05, 0.1) is 0 Å². The summed E-state index contributed by atoms with van der Waals surface area (Å²) in [6, 6.07) is 25.0. The second kappa shape index (κ2) is 9.62. The lowest BCUT2D eigenvalue weighted by molar-refractivity contribution is 0.221. The third-order valence-corrected chi connectivity index (χ3v) is 5.42. The molecule has 3 aromatic rings. The van der Waals surface area contributed by atoms with Gasteiger partial charge >= 0.3 is 0 Å². The molecule has 0 radical (unpaired) electrons. The molecule has 1 aliphatic heterocycles. The number of ether oxygens (including phenoxy) is 2. The molecule has 0 aliphatic carbocycles. The minimum Gasteiger partial charge on any atom is -0.490 e. The average Bonchev–Trinajstić information content (AvgIpc) is 3.17. The molecule has 3 heteroatoms. The molecule has 0 bridgehead atoms. The first-order chi connectivity index (χ1) is 14.3. The Hall–Kier alpha value is -2.78. The minimum absolute atomic E-state index is 0.176. The molecular formula is C26H28O3. The van der Waals surface area contributed by atoms with Crippen molar-refractivity contribution in [3.8, 4) is 11.5 Å². The maximum atomic E-state index is 9.27. The lowest BCUT2D eigenvalue weighted by atomic mass is 10.0. The third-order valence-electron chi connectivity index (χ3n) is 5.42. The second-order valence-corrected chi connectivity index (χ2v) is 7.64. The average molecular weight is 389 g/mol. The van der Waals surface area contributed by atoms with Gasteiger partial charge in [0.25, 0.3) is 0 Å². The normalized spacial score (nSPS) is 15.0. The fourth-order valence-corrected chi connectivity index (χ4v) is 3.85. The number of rotatable bonds is 9. The van der Waals surface area contributed by atoms with Crippen molar-refractivity contribution in [1.29, 1.82) is 0 Å². The molecule has 0 aromatic heterocycles. The Balaban J connectivity index is 1.44. The molecule has 1 aliphatic rings. The summed E-state index contributed by atoms with van der Waals surface area (Å²) in [6.07, 6.45) is 4.66. The van der Waals surface area contributed by atoms with Crippen LogP contribution in [-0.2, 0) is 25.9 Å². The Bertz CT molecular complexity index is 906. The van der Waals surface area contributed by atoms with E-state index in [9.17, 15) is 5.11 Å². The van der Waals surface area contributed by atoms with Gasteiger partial charge in [-0.1, -0.05) is 60.7 Å². The van der Waals surface area contributed by atoms with Gasteiger partial charge < -0.3 is 14.6 Å². The van der Waals surface area contributed by atoms with Crippen molar-refractivity contribution in [3.05, 3.63) is 95.1 Å². The van der Waals surface area contributed by atoms with Crippen molar-refractivity contribution in [2.45, 2.75) is 44.8 Å². The number of benzene rings is 3. The molecule has 0 saturated heterocycles. The highest BCUT2D eigenvalue weighted by Gasteiger charge is 2.25. The van der Waals surface area contributed by atoms with Crippen molar-refractivity contribution >= 4 is 0 Å². The smallest absolute Gasteiger partial charge is 0.123 e. The molecule has 0 fully saturated rings. The zero-order chi connectivity index (χ0) is 19.9. The molecular weight excluding hydrogens is 360 g/mol. The molecule has 1 heterocycles. The lowest BCUT2D eigenvalue weighted by Gasteiger charge is -2.14. The van der Waals surface area contributed by atoms with Gasteiger partial charge in [-0.2, -0.15) is 0 Å². The standard InChI is InChI=1S/C26H28O3/c27-15-7-12-22-17-26-23(18-25(22)28-19-21-10-5-2-6-11-21)16-24(29-26)14-13-20-8-3-1-4-9-20/h1-6,8-11,17-18,24,27H,7,12-16,19H2. The molecule has 0 amide bonds. The Labute approximate surface area is 172 Å². The highest BCUT2D eigenvalue weighted by molar-refractivity contribution is 5.49. The Kier molecular flexibility index (Phi) is 6.48. The van der Waals surface area contributed by atoms with E-state index in [1.165, 1.54) is 11.1 Å². The molecule has 1 atom stereocenters. The monoisotopic (exact) mass is 388 g/mol. The maximum Gasteiger partial charge on any atom is 0.123 e. The van der Waals surface area contributed by atoms with E-state index in [2.05, 4.69) is 54.6 Å². The molecule has 29 heavy (non-hydrogen) atoms. The summed E-state index contributed by atoms with van der Waals surface area (Å²) in [5.74, 6) is 1.89. The summed E-state index contributed by atoms with van der Waals surface area (Å²) in [7, 11) is 0. The van der Waals surface area contributed by atoms with Gasteiger partial charge in [0.2, 0.25) is 0 Å². The first-order valence-electron chi connectivity index (χ1n) is 10.5. The van der Waals surface area contributed by atoms with Crippen LogP contribution in [0.3, 0.4) is 0 Å². The van der Waals surface area contributed by atoms with E-state index < -0.39 is 0 Å². The lowest BCUT2D eigenvalue weighted by Crippen LogP contribution is -2.13. The summed E-state index contributed by atoms with van der Waals surface area (Å²) in [5.41, 5.74) is 4.83. The van der Waals surface area contributed by atoms with Crippen molar-refractivity contribution in [2.75, 3.05) is 6.61 Å². The molecule has 150 valence electrons. The van der Waals surface area contributed by atoms with Gasteiger partial charge in [-0.25, -0.2) is 0 Å². The number of hydrogen-bond donors (Lipinski definition) is 1. The fraction of sp³-hybridized carbons (Fsp3) is 0.308. The predicted molar refractivity (Wildman–Crippen MR) is 116 cm³/mol. The second-order valence-electron chi connectivity index (χ2n) is 7.64. The summed E-state index contributed by atoms with van der Waals surface area (Å²) in [4.78, 5) is 0. The van der Waals surface area contributed by atoms with E-state index in [-0.39, 0.29) is 12.7 Å². The van der Waals surface area contributed by atoms with Crippen LogP contribution in [0.25, 0.3) is 0 Å². The Morgan fingerprint density at radius 3 is 2.34 bits per heavy atom. The van der Waals surface area contributed by atoms with E-state index in [1.54, 1.807) is 0 Å². The van der Waals surface area contributed by atoms with Crippen LogP contribution in [-0.4, -0.2) is 17.8 Å². The molecule has 3 aromatic carbocycles. The SMILES string of the molecule is OCCCc1cc2c(cc1OCc1ccccc1)CC(CCc1ccccc1)O2. The van der Waals surface area contributed by atoms with E-state index >= 15 is 0 Å². The van der Waals surface area contributed by atoms with Gasteiger partial charge in [0.15, 0.2) is 0 Å². The molecule has 0 saturated carbocycles. The first-order valence-corrected chi connectivity index (χ1v) is 10.5. The number of hydrogen-bond acceptors (Lipinski definition) is 3. The fourth-order valence-electron chi connectivity index (χ4n) is 3.85. The Morgan fingerprint density at radius 1 is 0.897 bits per heavy atom. The van der Waals surface area contributed by atoms with Crippen LogP contribution in [0.4, 0.5) is 0 Å². The van der Waals surface area contributed by atoms with Gasteiger partial charge in [0, 0.05) is 18.6 Å². The summed E-state index contributed by atoms with van der Waals surface area (Å²) >= 11 is 0. The van der Waals surface area contributed by atoms with Gasteiger partial charge in [-0.05, 0) is 54.5 Å². The zero-order valence-electron chi connectivity index (χ0n) is 16.7. The number of fused-ring (bicyclic) bond motifs is 1. The van der Waals surface area contributed by atoms with Crippen LogP contribution < -0.4 is 9.47 Å². The quantitative estimate of drug-likeness (QED) is 0.552. The molecule has 4 rings (SSSR count). The highest BCUT2D eigenvalue weighted by atomic mass is 16.5. The number of aliphatic hydroxyl groups is 1. The van der Waals surface area contributed by atoms with E-state index in [4.69, 9.17) is 9.47 Å². The van der Waals surface area contributed by atoms with Crippen molar-refractivity contribution in [2.24, 2.45) is 0 Å². The maximum absolute atomic E-state index is 9.27. The van der Waals surface area contributed by atoms with Crippen molar-refractivity contribution in [3.63, 3.8) is 0 Å². The molecule has 1 unspecified atom stereocenters. The Morgan fingerprint density at radius 2 is 1.62 bits per heavy atom. The van der Waals surface area contributed by atoms with Crippen molar-refractivity contribution < 1.29 is 14.6 Å². The van der Waals surface area contributed by atoms with Crippen LogP contribution in [0.1, 0.15) is 35.1 Å². The number of aryl methyl sites for hydroxylation is 2.